The van der Waals surface area contributed by atoms with E-state index in [9.17, 15) is 13.2 Å². The fourth-order valence-corrected chi connectivity index (χ4v) is 6.74. The van der Waals surface area contributed by atoms with Gasteiger partial charge in [0.15, 0.2) is 0 Å². The summed E-state index contributed by atoms with van der Waals surface area (Å²) in [7, 11) is -3.71. The van der Waals surface area contributed by atoms with Crippen molar-refractivity contribution in [3.05, 3.63) is 64.1 Å². The monoisotopic (exact) mass is 509 g/mol. The fraction of sp³-hybridized carbons (Fsp3) is 0.458. The van der Waals surface area contributed by atoms with Gasteiger partial charge in [-0.15, -0.1) is 0 Å². The summed E-state index contributed by atoms with van der Waals surface area (Å²) in [6.45, 7) is 4.76. The molecule has 2 fully saturated rings. The molecule has 4 rings (SSSR count). The second kappa shape index (κ2) is 9.55. The van der Waals surface area contributed by atoms with E-state index in [-0.39, 0.29) is 27.9 Å². The highest BCUT2D eigenvalue weighted by Crippen LogP contribution is 2.37. The molecule has 1 N–H and O–H groups in total. The molecule has 0 unspecified atom stereocenters. The lowest BCUT2D eigenvalue weighted by Crippen LogP contribution is -2.61. The number of halogens is 2. The standard InChI is InChI=1S/C24H29Cl2N3O3S/c1-3-17(2)29-23(30)22(15-18-7-5-4-6-8-18)27-24(29)11-13-28(14-12-24)33(31,32)19-9-10-20(25)21(26)16-19/h4-10,16-17,22,27H,3,11-15H2,1-2H3/t17-,22-/m1/s1. The maximum Gasteiger partial charge on any atom is 0.243 e. The average Bonchev–Trinajstić information content (AvgIpc) is 3.06. The number of hydrogen-bond acceptors (Lipinski definition) is 4. The summed E-state index contributed by atoms with van der Waals surface area (Å²) in [5, 5.41) is 4.14. The van der Waals surface area contributed by atoms with E-state index in [4.69, 9.17) is 23.2 Å². The van der Waals surface area contributed by atoms with E-state index in [1.54, 1.807) is 0 Å². The number of carbonyl (C=O) groups is 1. The van der Waals surface area contributed by atoms with Crippen molar-refractivity contribution in [3.63, 3.8) is 0 Å². The van der Waals surface area contributed by atoms with Gasteiger partial charge in [0.1, 0.15) is 0 Å². The largest absolute Gasteiger partial charge is 0.320 e. The van der Waals surface area contributed by atoms with Gasteiger partial charge < -0.3 is 4.90 Å². The molecule has 6 nitrogen and oxygen atoms in total. The van der Waals surface area contributed by atoms with Gasteiger partial charge in [0.2, 0.25) is 15.9 Å². The van der Waals surface area contributed by atoms with Crippen LogP contribution < -0.4 is 5.32 Å². The van der Waals surface area contributed by atoms with Crippen molar-refractivity contribution in [2.45, 2.75) is 62.2 Å². The Morgan fingerprint density at radius 1 is 1.09 bits per heavy atom. The second-order valence-corrected chi connectivity index (χ2v) is 11.6. The maximum atomic E-state index is 13.5. The van der Waals surface area contributed by atoms with Gasteiger partial charge in [-0.1, -0.05) is 60.5 Å². The van der Waals surface area contributed by atoms with Crippen LogP contribution in [0.3, 0.4) is 0 Å². The summed E-state index contributed by atoms with van der Waals surface area (Å²) >= 11 is 12.0. The second-order valence-electron chi connectivity index (χ2n) is 8.86. The smallest absolute Gasteiger partial charge is 0.243 e. The Balaban J connectivity index is 1.55. The Bertz CT molecular complexity index is 1120. The molecule has 2 aliphatic heterocycles. The fourth-order valence-electron chi connectivity index (χ4n) is 4.91. The van der Waals surface area contributed by atoms with Crippen LogP contribution in [0.4, 0.5) is 0 Å². The minimum atomic E-state index is -3.71. The van der Waals surface area contributed by atoms with E-state index in [1.165, 1.54) is 22.5 Å². The summed E-state index contributed by atoms with van der Waals surface area (Å²) in [5.41, 5.74) is 0.555. The van der Waals surface area contributed by atoms with E-state index >= 15 is 0 Å². The highest BCUT2D eigenvalue weighted by atomic mass is 35.5. The van der Waals surface area contributed by atoms with E-state index in [2.05, 4.69) is 19.2 Å². The van der Waals surface area contributed by atoms with Gasteiger partial charge in [-0.05, 0) is 56.4 Å². The predicted molar refractivity (Wildman–Crippen MR) is 131 cm³/mol. The molecule has 1 amide bonds. The van der Waals surface area contributed by atoms with Crippen LogP contribution in [0.25, 0.3) is 0 Å². The van der Waals surface area contributed by atoms with Crippen molar-refractivity contribution in [2.24, 2.45) is 0 Å². The van der Waals surface area contributed by atoms with Crippen LogP contribution in [0, 0.1) is 0 Å². The molecule has 1 spiro atoms. The van der Waals surface area contributed by atoms with Crippen LogP contribution in [0.15, 0.2) is 53.4 Å². The first-order valence-electron chi connectivity index (χ1n) is 11.3. The molecular weight excluding hydrogens is 481 g/mol. The molecule has 0 aliphatic carbocycles. The van der Waals surface area contributed by atoms with Gasteiger partial charge >= 0.3 is 0 Å². The first-order chi connectivity index (χ1) is 15.7. The number of hydrogen-bond donors (Lipinski definition) is 1. The highest BCUT2D eigenvalue weighted by molar-refractivity contribution is 7.89. The third kappa shape index (κ3) is 4.66. The van der Waals surface area contributed by atoms with Gasteiger partial charge in [-0.3, -0.25) is 10.1 Å². The summed E-state index contributed by atoms with van der Waals surface area (Å²) in [6, 6.07) is 14.1. The molecule has 2 aromatic carbocycles. The van der Waals surface area contributed by atoms with Gasteiger partial charge in [-0.2, -0.15) is 4.31 Å². The SMILES string of the molecule is CC[C@@H](C)N1C(=O)[C@@H](Cc2ccccc2)NC12CCN(S(=O)(=O)c1ccc(Cl)c(Cl)c1)CC2. The average molecular weight is 510 g/mol. The zero-order valence-electron chi connectivity index (χ0n) is 18.8. The van der Waals surface area contributed by atoms with E-state index < -0.39 is 15.7 Å². The first-order valence-corrected chi connectivity index (χ1v) is 13.5. The van der Waals surface area contributed by atoms with Crippen LogP contribution in [-0.2, 0) is 21.2 Å². The Hall–Kier alpha value is -1.64. The lowest BCUT2D eigenvalue weighted by molar-refractivity contribution is -0.136. The topological polar surface area (TPSA) is 69.7 Å². The molecule has 2 heterocycles. The van der Waals surface area contributed by atoms with Crippen LogP contribution >= 0.6 is 23.2 Å². The predicted octanol–water partition coefficient (Wildman–Crippen LogP) is 4.32. The molecule has 0 aromatic heterocycles. The zero-order chi connectivity index (χ0) is 23.8. The van der Waals surface area contributed by atoms with Gasteiger partial charge in [-0.25, -0.2) is 8.42 Å². The van der Waals surface area contributed by atoms with E-state index in [0.29, 0.717) is 37.4 Å². The molecular formula is C24H29Cl2N3O3S. The van der Waals surface area contributed by atoms with E-state index in [1.807, 2.05) is 35.2 Å². The molecule has 178 valence electrons. The Kier molecular flexibility index (Phi) is 7.08. The Morgan fingerprint density at radius 2 is 1.76 bits per heavy atom. The maximum absolute atomic E-state index is 13.5. The van der Waals surface area contributed by atoms with Crippen molar-refractivity contribution in [1.29, 1.82) is 0 Å². The van der Waals surface area contributed by atoms with Crippen molar-refractivity contribution in [1.82, 2.24) is 14.5 Å². The van der Waals surface area contributed by atoms with Crippen molar-refractivity contribution >= 4 is 39.1 Å². The Labute approximate surface area is 205 Å². The van der Waals surface area contributed by atoms with Gasteiger partial charge in [0, 0.05) is 19.1 Å². The first kappa shape index (κ1) is 24.5. The quantitative estimate of drug-likeness (QED) is 0.629. The molecule has 2 aromatic rings. The molecule has 0 bridgehead atoms. The van der Waals surface area contributed by atoms with Crippen LogP contribution in [0.5, 0.6) is 0 Å². The molecule has 2 atom stereocenters. The van der Waals surface area contributed by atoms with Gasteiger partial charge in [0.05, 0.1) is 26.6 Å². The van der Waals surface area contributed by atoms with Crippen LogP contribution in [-0.4, -0.2) is 54.4 Å². The molecule has 9 heteroatoms. The van der Waals surface area contributed by atoms with Crippen LogP contribution in [0.1, 0.15) is 38.7 Å². The molecule has 2 aliphatic rings. The number of piperidine rings is 1. The van der Waals surface area contributed by atoms with E-state index in [0.717, 1.165) is 12.0 Å². The van der Waals surface area contributed by atoms with Crippen LogP contribution in [0.2, 0.25) is 10.0 Å². The van der Waals surface area contributed by atoms with Gasteiger partial charge in [0.25, 0.3) is 0 Å². The van der Waals surface area contributed by atoms with Crippen molar-refractivity contribution in [3.8, 4) is 0 Å². The minimum absolute atomic E-state index is 0.0593. The lowest BCUT2D eigenvalue weighted by Gasteiger charge is -2.46. The zero-order valence-corrected chi connectivity index (χ0v) is 21.1. The summed E-state index contributed by atoms with van der Waals surface area (Å²) in [6.07, 6.45) is 2.49. The summed E-state index contributed by atoms with van der Waals surface area (Å²) in [5.74, 6) is 0.0917. The minimum Gasteiger partial charge on any atom is -0.320 e. The van der Waals surface area contributed by atoms with Crippen molar-refractivity contribution in [2.75, 3.05) is 13.1 Å². The number of nitrogens with zero attached hydrogens (tertiary/aromatic N) is 2. The summed E-state index contributed by atoms with van der Waals surface area (Å²) < 4.78 is 27.9. The van der Waals surface area contributed by atoms with Crippen molar-refractivity contribution < 1.29 is 13.2 Å². The lowest BCUT2D eigenvalue weighted by atomic mass is 9.95. The molecule has 0 saturated carbocycles. The number of benzene rings is 2. The number of amides is 1. The normalized spacial score (nSPS) is 22.1. The summed E-state index contributed by atoms with van der Waals surface area (Å²) in [4.78, 5) is 15.6. The molecule has 0 radical (unpaired) electrons. The number of sulfonamides is 1. The number of carbonyl (C=O) groups excluding carboxylic acids is 1. The molecule has 33 heavy (non-hydrogen) atoms. The number of rotatable bonds is 6. The third-order valence-electron chi connectivity index (χ3n) is 6.83. The third-order valence-corrected chi connectivity index (χ3v) is 9.47. The number of nitrogens with one attached hydrogen (secondary N) is 1. The Morgan fingerprint density at radius 3 is 2.36 bits per heavy atom. The molecule has 2 saturated heterocycles. The highest BCUT2D eigenvalue weighted by Gasteiger charge is 2.53.